The highest BCUT2D eigenvalue weighted by Crippen LogP contribution is 2.67. The Balaban J connectivity index is 2.04. The van der Waals surface area contributed by atoms with Crippen LogP contribution < -0.4 is 0 Å². The van der Waals surface area contributed by atoms with Crippen LogP contribution in [0.5, 0.6) is 0 Å². The summed E-state index contributed by atoms with van der Waals surface area (Å²) in [6.07, 6.45) is 8.31. The zero-order chi connectivity index (χ0) is 10.8. The molecular formula is C15H24. The van der Waals surface area contributed by atoms with Crippen molar-refractivity contribution >= 4 is 0 Å². The Morgan fingerprint density at radius 1 is 1.20 bits per heavy atom. The molecule has 0 radical (unpaired) electrons. The zero-order valence-electron chi connectivity index (χ0n) is 10.6. The van der Waals surface area contributed by atoms with Gasteiger partial charge in [0.1, 0.15) is 0 Å². The topological polar surface area (TPSA) is 0 Å². The maximum Gasteiger partial charge on any atom is -0.0110 e. The van der Waals surface area contributed by atoms with Crippen molar-refractivity contribution in [1.82, 2.24) is 0 Å². The quantitative estimate of drug-likeness (QED) is 0.513. The Kier molecular flexibility index (Phi) is 1.79. The van der Waals surface area contributed by atoms with Gasteiger partial charge in [-0.05, 0) is 54.3 Å². The predicted octanol–water partition coefficient (Wildman–Crippen LogP) is 4.42. The van der Waals surface area contributed by atoms with Gasteiger partial charge < -0.3 is 0 Å². The molecule has 3 aliphatic rings. The third kappa shape index (κ3) is 1.14. The SMILES string of the molecule is CC1CCC2C3C1=CCC3(C)CC2(C)C. The fraction of sp³-hybridized carbons (Fsp3) is 0.867. The van der Waals surface area contributed by atoms with Crippen molar-refractivity contribution in [1.29, 1.82) is 0 Å². The van der Waals surface area contributed by atoms with Gasteiger partial charge in [0, 0.05) is 0 Å². The molecule has 2 fully saturated rings. The number of hydrogen-bond donors (Lipinski definition) is 0. The largest absolute Gasteiger partial charge is 0.0842 e. The van der Waals surface area contributed by atoms with E-state index >= 15 is 0 Å². The van der Waals surface area contributed by atoms with E-state index in [1.54, 1.807) is 0 Å². The molecule has 0 bridgehead atoms. The van der Waals surface area contributed by atoms with Gasteiger partial charge in [-0.3, -0.25) is 0 Å². The Hall–Kier alpha value is -0.260. The molecule has 3 rings (SSSR count). The fourth-order valence-corrected chi connectivity index (χ4v) is 5.19. The van der Waals surface area contributed by atoms with Crippen molar-refractivity contribution in [2.45, 2.75) is 53.4 Å². The molecule has 0 aromatic carbocycles. The van der Waals surface area contributed by atoms with Crippen LogP contribution in [0.1, 0.15) is 53.4 Å². The summed E-state index contributed by atoms with van der Waals surface area (Å²) in [4.78, 5) is 0. The molecule has 4 atom stereocenters. The summed E-state index contributed by atoms with van der Waals surface area (Å²) in [5.74, 6) is 2.80. The lowest BCUT2D eigenvalue weighted by Gasteiger charge is -2.39. The summed E-state index contributed by atoms with van der Waals surface area (Å²) in [7, 11) is 0. The van der Waals surface area contributed by atoms with Gasteiger partial charge in [0.25, 0.3) is 0 Å². The average molecular weight is 204 g/mol. The van der Waals surface area contributed by atoms with Crippen molar-refractivity contribution < 1.29 is 0 Å². The molecule has 84 valence electrons. The molecule has 2 saturated carbocycles. The third-order valence-electron chi connectivity index (χ3n) is 5.66. The lowest BCUT2D eigenvalue weighted by Crippen LogP contribution is -2.31. The minimum atomic E-state index is 0.596. The van der Waals surface area contributed by atoms with Crippen molar-refractivity contribution in [3.8, 4) is 0 Å². The number of allylic oxidation sites excluding steroid dienone is 2. The first kappa shape index (κ1) is 9.93. The second-order valence-corrected chi connectivity index (χ2v) is 7.29. The van der Waals surface area contributed by atoms with Gasteiger partial charge in [-0.15, -0.1) is 0 Å². The maximum atomic E-state index is 2.59. The zero-order valence-corrected chi connectivity index (χ0v) is 10.6. The van der Waals surface area contributed by atoms with E-state index in [-0.39, 0.29) is 0 Å². The van der Waals surface area contributed by atoms with E-state index in [4.69, 9.17) is 0 Å². The van der Waals surface area contributed by atoms with E-state index in [2.05, 4.69) is 33.8 Å². The molecule has 4 unspecified atom stereocenters. The fourth-order valence-electron chi connectivity index (χ4n) is 5.19. The summed E-state index contributed by atoms with van der Waals surface area (Å²) in [6, 6.07) is 0. The van der Waals surface area contributed by atoms with Crippen molar-refractivity contribution in [2.24, 2.45) is 28.6 Å². The molecule has 0 saturated heterocycles. The summed E-state index contributed by atoms with van der Waals surface area (Å²) >= 11 is 0. The molecule has 0 aliphatic heterocycles. The van der Waals surface area contributed by atoms with Gasteiger partial charge in [-0.1, -0.05) is 39.3 Å². The van der Waals surface area contributed by atoms with Crippen LogP contribution in [-0.2, 0) is 0 Å². The summed E-state index contributed by atoms with van der Waals surface area (Å²) in [6.45, 7) is 10.0. The summed E-state index contributed by atoms with van der Waals surface area (Å²) < 4.78 is 0. The molecule has 0 aromatic heterocycles. The van der Waals surface area contributed by atoms with Crippen LogP contribution in [0.2, 0.25) is 0 Å². The maximum absolute atomic E-state index is 2.59. The normalized spacial score (nSPS) is 51.5. The molecule has 0 N–H and O–H groups in total. The molecule has 0 heterocycles. The third-order valence-corrected chi connectivity index (χ3v) is 5.66. The van der Waals surface area contributed by atoms with Gasteiger partial charge in [0.05, 0.1) is 0 Å². The second-order valence-electron chi connectivity index (χ2n) is 7.29. The van der Waals surface area contributed by atoms with Crippen molar-refractivity contribution in [3.63, 3.8) is 0 Å². The van der Waals surface area contributed by atoms with Crippen LogP contribution in [0.4, 0.5) is 0 Å². The van der Waals surface area contributed by atoms with E-state index < -0.39 is 0 Å². The second kappa shape index (κ2) is 2.70. The molecule has 0 nitrogen and oxygen atoms in total. The van der Waals surface area contributed by atoms with E-state index in [1.165, 1.54) is 25.7 Å². The average Bonchev–Trinajstić information content (AvgIpc) is 2.53. The predicted molar refractivity (Wildman–Crippen MR) is 64.6 cm³/mol. The van der Waals surface area contributed by atoms with Crippen molar-refractivity contribution in [3.05, 3.63) is 11.6 Å². The minimum Gasteiger partial charge on any atom is -0.0842 e. The minimum absolute atomic E-state index is 0.596. The Bertz CT molecular complexity index is 323. The first-order valence-corrected chi connectivity index (χ1v) is 6.64. The highest BCUT2D eigenvalue weighted by Gasteiger charge is 2.58. The first-order chi connectivity index (χ1) is 6.94. The van der Waals surface area contributed by atoms with Gasteiger partial charge in [0.15, 0.2) is 0 Å². The van der Waals surface area contributed by atoms with E-state index in [0.29, 0.717) is 10.8 Å². The molecule has 3 aliphatic carbocycles. The van der Waals surface area contributed by atoms with Crippen LogP contribution in [0, 0.1) is 28.6 Å². The van der Waals surface area contributed by atoms with Gasteiger partial charge in [0.2, 0.25) is 0 Å². The lowest BCUT2D eigenvalue weighted by atomic mass is 9.65. The van der Waals surface area contributed by atoms with Crippen LogP contribution in [0.25, 0.3) is 0 Å². The van der Waals surface area contributed by atoms with Gasteiger partial charge in [-0.2, -0.15) is 0 Å². The number of rotatable bonds is 0. The van der Waals surface area contributed by atoms with Crippen LogP contribution in [0.3, 0.4) is 0 Å². The Morgan fingerprint density at radius 3 is 2.67 bits per heavy atom. The lowest BCUT2D eigenvalue weighted by molar-refractivity contribution is 0.169. The van der Waals surface area contributed by atoms with Gasteiger partial charge in [-0.25, -0.2) is 0 Å². The molecule has 0 aromatic rings. The molecule has 0 heteroatoms. The van der Waals surface area contributed by atoms with Crippen LogP contribution >= 0.6 is 0 Å². The summed E-state index contributed by atoms with van der Waals surface area (Å²) in [5.41, 5.74) is 3.05. The Labute approximate surface area is 94.1 Å². The van der Waals surface area contributed by atoms with E-state index in [1.807, 2.05) is 5.57 Å². The first-order valence-electron chi connectivity index (χ1n) is 6.64. The van der Waals surface area contributed by atoms with Gasteiger partial charge >= 0.3 is 0 Å². The Morgan fingerprint density at radius 2 is 1.93 bits per heavy atom. The van der Waals surface area contributed by atoms with E-state index in [9.17, 15) is 0 Å². The molecule has 0 amide bonds. The van der Waals surface area contributed by atoms with Crippen LogP contribution in [0.15, 0.2) is 11.6 Å². The molecule has 0 spiro atoms. The van der Waals surface area contributed by atoms with Crippen LogP contribution in [-0.4, -0.2) is 0 Å². The monoisotopic (exact) mass is 204 g/mol. The molecular weight excluding hydrogens is 180 g/mol. The highest BCUT2D eigenvalue weighted by molar-refractivity contribution is 5.29. The highest BCUT2D eigenvalue weighted by atomic mass is 14.6. The van der Waals surface area contributed by atoms with E-state index in [0.717, 1.165) is 17.8 Å². The number of hydrogen-bond acceptors (Lipinski definition) is 0. The standard InChI is InChI=1S/C15H24/c1-10-5-6-12-13-11(10)7-8-15(13,4)9-14(12,2)3/h7,10,12-13H,5-6,8-9H2,1-4H3. The van der Waals surface area contributed by atoms with Crippen molar-refractivity contribution in [2.75, 3.05) is 0 Å². The smallest absolute Gasteiger partial charge is 0.0110 e. The molecule has 15 heavy (non-hydrogen) atoms. The summed E-state index contributed by atoms with van der Waals surface area (Å²) in [5, 5.41) is 0.